The molecule has 2 N–H and O–H groups in total. The van der Waals surface area contributed by atoms with Crippen molar-refractivity contribution in [1.82, 2.24) is 15.0 Å². The zero-order chi connectivity index (χ0) is 16.4. The number of nitro groups is 1. The molecule has 0 radical (unpaired) electrons. The Hall–Kier alpha value is -2.97. The van der Waals surface area contributed by atoms with Crippen LogP contribution in [0.4, 0.5) is 29.0 Å². The molecule has 1 aliphatic carbocycles. The van der Waals surface area contributed by atoms with E-state index >= 15 is 0 Å². The highest BCUT2D eigenvalue weighted by molar-refractivity contribution is 5.61. The van der Waals surface area contributed by atoms with Crippen LogP contribution in [-0.4, -0.2) is 40.0 Å². The molecule has 9 nitrogen and oxygen atoms in total. The summed E-state index contributed by atoms with van der Waals surface area (Å²) in [7, 11) is 3.81. The maximum absolute atomic E-state index is 11.0. The molecule has 1 fully saturated rings. The van der Waals surface area contributed by atoms with E-state index in [-0.39, 0.29) is 23.5 Å². The molecular weight excluding hydrogens is 298 g/mol. The fourth-order valence-corrected chi connectivity index (χ4v) is 1.95. The van der Waals surface area contributed by atoms with Gasteiger partial charge in [0.25, 0.3) is 0 Å². The van der Waals surface area contributed by atoms with Crippen molar-refractivity contribution in [2.24, 2.45) is 0 Å². The molecule has 0 atom stereocenters. The second-order valence-corrected chi connectivity index (χ2v) is 5.53. The maximum atomic E-state index is 11.0. The lowest BCUT2D eigenvalue weighted by Crippen LogP contribution is -2.11. The number of nitrogens with one attached hydrogen (secondary N) is 2. The number of aromatic nitrogens is 3. The molecule has 0 unspecified atom stereocenters. The lowest BCUT2D eigenvalue weighted by Gasteiger charge is -2.12. The number of rotatable bonds is 6. The number of pyridine rings is 1. The Morgan fingerprint density at radius 1 is 1.26 bits per heavy atom. The van der Waals surface area contributed by atoms with Crippen molar-refractivity contribution in [3.05, 3.63) is 34.6 Å². The van der Waals surface area contributed by atoms with Crippen LogP contribution in [0.1, 0.15) is 12.8 Å². The first-order valence-corrected chi connectivity index (χ1v) is 7.21. The summed E-state index contributed by atoms with van der Waals surface area (Å²) in [5.74, 6) is 1.36. The first-order valence-electron chi connectivity index (χ1n) is 7.21. The third-order valence-electron chi connectivity index (χ3n) is 3.35. The van der Waals surface area contributed by atoms with Gasteiger partial charge >= 0.3 is 5.69 Å². The van der Waals surface area contributed by atoms with Gasteiger partial charge in [0.15, 0.2) is 0 Å². The fraction of sp³-hybridized carbons (Fsp3) is 0.357. The minimum atomic E-state index is -0.484. The van der Waals surface area contributed by atoms with Gasteiger partial charge in [0, 0.05) is 20.1 Å². The van der Waals surface area contributed by atoms with E-state index in [0.29, 0.717) is 5.69 Å². The van der Waals surface area contributed by atoms with E-state index < -0.39 is 4.92 Å². The highest BCUT2D eigenvalue weighted by Gasteiger charge is 2.26. The number of hydrogen-bond donors (Lipinski definition) is 2. The molecular formula is C14H17N7O2. The van der Waals surface area contributed by atoms with Crippen molar-refractivity contribution in [1.29, 1.82) is 0 Å². The third-order valence-corrected chi connectivity index (χ3v) is 3.35. The second kappa shape index (κ2) is 6.03. The van der Waals surface area contributed by atoms with Crippen molar-refractivity contribution in [2.75, 3.05) is 29.6 Å². The van der Waals surface area contributed by atoms with Crippen molar-refractivity contribution >= 4 is 29.0 Å². The van der Waals surface area contributed by atoms with Crippen molar-refractivity contribution in [3.63, 3.8) is 0 Å². The molecule has 120 valence electrons. The molecule has 0 bridgehead atoms. The van der Waals surface area contributed by atoms with Crippen LogP contribution in [0.15, 0.2) is 24.5 Å². The minimum Gasteiger partial charge on any atom is -0.363 e. The van der Waals surface area contributed by atoms with Crippen LogP contribution in [0.2, 0.25) is 0 Å². The summed E-state index contributed by atoms with van der Waals surface area (Å²) in [5, 5.41) is 17.1. The highest BCUT2D eigenvalue weighted by atomic mass is 16.6. The number of hydrogen-bond acceptors (Lipinski definition) is 8. The highest BCUT2D eigenvalue weighted by Crippen LogP contribution is 2.29. The predicted molar refractivity (Wildman–Crippen MR) is 87.2 cm³/mol. The molecule has 1 aliphatic rings. The molecule has 2 heterocycles. The topological polar surface area (TPSA) is 109 Å². The maximum Gasteiger partial charge on any atom is 0.329 e. The number of nitrogens with zero attached hydrogens (tertiary/aromatic N) is 5. The number of anilines is 4. The van der Waals surface area contributed by atoms with Gasteiger partial charge < -0.3 is 15.5 Å². The minimum absolute atomic E-state index is 0.122. The normalized spacial score (nSPS) is 13.5. The molecule has 0 amide bonds. The van der Waals surface area contributed by atoms with Gasteiger partial charge in [-0.2, -0.15) is 4.98 Å². The third kappa shape index (κ3) is 3.62. The van der Waals surface area contributed by atoms with Gasteiger partial charge in [-0.3, -0.25) is 10.1 Å². The van der Waals surface area contributed by atoms with E-state index in [2.05, 4.69) is 25.6 Å². The Morgan fingerprint density at radius 3 is 2.61 bits per heavy atom. The first-order chi connectivity index (χ1) is 11.0. The van der Waals surface area contributed by atoms with Gasteiger partial charge in [-0.15, -0.1) is 0 Å². The molecule has 1 saturated carbocycles. The zero-order valence-corrected chi connectivity index (χ0v) is 12.9. The second-order valence-electron chi connectivity index (χ2n) is 5.53. The molecule has 23 heavy (non-hydrogen) atoms. The van der Waals surface area contributed by atoms with Crippen LogP contribution in [-0.2, 0) is 0 Å². The Morgan fingerprint density at radius 2 is 2.04 bits per heavy atom. The van der Waals surface area contributed by atoms with Gasteiger partial charge in [-0.1, -0.05) is 0 Å². The Labute approximate surface area is 132 Å². The average molecular weight is 315 g/mol. The van der Waals surface area contributed by atoms with Crippen LogP contribution in [0.25, 0.3) is 0 Å². The molecule has 0 aliphatic heterocycles. The molecule has 0 aromatic carbocycles. The van der Waals surface area contributed by atoms with Crippen LogP contribution < -0.4 is 15.5 Å². The smallest absolute Gasteiger partial charge is 0.329 e. The molecule has 0 spiro atoms. The van der Waals surface area contributed by atoms with E-state index in [1.165, 1.54) is 6.20 Å². The van der Waals surface area contributed by atoms with Crippen LogP contribution in [0, 0.1) is 10.1 Å². The summed E-state index contributed by atoms with van der Waals surface area (Å²) in [5.41, 5.74) is 0.588. The summed E-state index contributed by atoms with van der Waals surface area (Å²) in [6.07, 6.45) is 4.87. The van der Waals surface area contributed by atoms with Crippen LogP contribution >= 0.6 is 0 Å². The summed E-state index contributed by atoms with van der Waals surface area (Å²) < 4.78 is 0. The van der Waals surface area contributed by atoms with E-state index in [9.17, 15) is 10.1 Å². The van der Waals surface area contributed by atoms with Crippen molar-refractivity contribution in [3.8, 4) is 0 Å². The zero-order valence-electron chi connectivity index (χ0n) is 12.9. The lowest BCUT2D eigenvalue weighted by atomic mass is 10.4. The molecule has 2 aromatic rings. The van der Waals surface area contributed by atoms with Gasteiger partial charge in [0.05, 0.1) is 16.8 Å². The quantitative estimate of drug-likeness (QED) is 0.616. The predicted octanol–water partition coefficient (Wildman–Crippen LogP) is 2.16. The van der Waals surface area contributed by atoms with Crippen LogP contribution in [0.5, 0.6) is 0 Å². The average Bonchev–Trinajstić information content (AvgIpc) is 3.32. The van der Waals surface area contributed by atoms with Crippen molar-refractivity contribution in [2.45, 2.75) is 18.9 Å². The summed E-state index contributed by atoms with van der Waals surface area (Å²) in [4.78, 5) is 25.0. The van der Waals surface area contributed by atoms with E-state index in [4.69, 9.17) is 0 Å². The summed E-state index contributed by atoms with van der Waals surface area (Å²) >= 11 is 0. The van der Waals surface area contributed by atoms with E-state index in [1.54, 1.807) is 6.20 Å². The molecule has 0 saturated heterocycles. The van der Waals surface area contributed by atoms with Gasteiger partial charge in [0.1, 0.15) is 12.0 Å². The summed E-state index contributed by atoms with van der Waals surface area (Å²) in [6.45, 7) is 0. The monoisotopic (exact) mass is 315 g/mol. The SMILES string of the molecule is CN(C)c1ccc(Nc2ncc([N+](=O)[O-])c(NC3CC3)n2)cn1. The standard InChI is InChI=1S/C14H17N7O2/c1-20(2)12-6-5-10(7-15-12)18-14-16-8-11(21(22)23)13(19-14)17-9-3-4-9/h5-9H,3-4H2,1-2H3,(H2,16,17,18,19). The fourth-order valence-electron chi connectivity index (χ4n) is 1.95. The van der Waals surface area contributed by atoms with E-state index in [0.717, 1.165) is 18.7 Å². The van der Waals surface area contributed by atoms with Crippen LogP contribution in [0.3, 0.4) is 0 Å². The summed E-state index contributed by atoms with van der Waals surface area (Å²) in [6, 6.07) is 3.97. The van der Waals surface area contributed by atoms with E-state index in [1.807, 2.05) is 31.1 Å². The van der Waals surface area contributed by atoms with Gasteiger partial charge in [-0.05, 0) is 25.0 Å². The van der Waals surface area contributed by atoms with Gasteiger partial charge in [0.2, 0.25) is 11.8 Å². The Kier molecular flexibility index (Phi) is 3.92. The first kappa shape index (κ1) is 14.9. The Bertz CT molecular complexity index is 714. The molecule has 3 rings (SSSR count). The molecule has 2 aromatic heterocycles. The molecule has 9 heteroatoms. The largest absolute Gasteiger partial charge is 0.363 e. The lowest BCUT2D eigenvalue weighted by molar-refractivity contribution is -0.384. The Balaban J connectivity index is 1.80. The van der Waals surface area contributed by atoms with Gasteiger partial charge in [-0.25, -0.2) is 9.97 Å². The van der Waals surface area contributed by atoms with Crippen molar-refractivity contribution < 1.29 is 4.92 Å².